The summed E-state index contributed by atoms with van der Waals surface area (Å²) in [6.07, 6.45) is -1.65. The van der Waals surface area contributed by atoms with Gasteiger partial charge in [0.2, 0.25) is 5.95 Å². The molecule has 0 aliphatic rings. The van der Waals surface area contributed by atoms with Crippen molar-refractivity contribution in [1.82, 2.24) is 15.0 Å². The number of rotatable bonds is 7. The number of carbonyl (C=O) groups is 1. The van der Waals surface area contributed by atoms with Crippen LogP contribution in [0.25, 0.3) is 21.2 Å². The molecule has 182 valence electrons. The molecule has 0 amide bonds. The van der Waals surface area contributed by atoms with E-state index in [0.29, 0.717) is 26.5 Å². The number of carbonyl (C=O) groups excluding carboxylic acids is 1. The maximum absolute atomic E-state index is 13.6. The van der Waals surface area contributed by atoms with Crippen molar-refractivity contribution >= 4 is 33.2 Å². The van der Waals surface area contributed by atoms with Gasteiger partial charge in [0, 0.05) is 36.4 Å². The van der Waals surface area contributed by atoms with E-state index in [2.05, 4.69) is 20.3 Å². The Kier molecular flexibility index (Phi) is 6.94. The van der Waals surface area contributed by atoms with E-state index >= 15 is 0 Å². The van der Waals surface area contributed by atoms with E-state index in [1.807, 2.05) is 0 Å². The molecule has 3 heterocycles. The lowest BCUT2D eigenvalue weighted by Gasteiger charge is -2.12. The number of alkyl halides is 3. The molecule has 3 N–H and O–H groups in total. The average molecular weight is 505 g/mol. The third-order valence-corrected chi connectivity index (χ3v) is 6.15. The highest BCUT2D eigenvalue weighted by atomic mass is 32.1. The van der Waals surface area contributed by atoms with Crippen LogP contribution in [0.4, 0.5) is 22.7 Å². The predicted molar refractivity (Wildman–Crippen MR) is 124 cm³/mol. The first-order valence-electron chi connectivity index (χ1n) is 10.3. The van der Waals surface area contributed by atoms with Crippen molar-refractivity contribution in [3.05, 3.63) is 71.7 Å². The normalized spacial score (nSPS) is 12.5. The van der Waals surface area contributed by atoms with Crippen LogP contribution in [-0.2, 0) is 17.3 Å². The van der Waals surface area contributed by atoms with E-state index in [9.17, 15) is 22.4 Å². The number of hydrogen-bond acceptors (Lipinski definition) is 8. The topological polar surface area (TPSA) is 103 Å². The number of methoxy groups -OCH3 is 1. The molecule has 3 aromatic heterocycles. The molecule has 0 unspecified atom stereocenters. The van der Waals surface area contributed by atoms with Crippen LogP contribution in [0.15, 0.2) is 48.8 Å². The van der Waals surface area contributed by atoms with Crippen LogP contribution in [0.1, 0.15) is 21.7 Å². The van der Waals surface area contributed by atoms with Crippen molar-refractivity contribution in [2.45, 2.75) is 18.6 Å². The summed E-state index contributed by atoms with van der Waals surface area (Å²) >= 11 is 1.20. The van der Waals surface area contributed by atoms with Gasteiger partial charge in [-0.2, -0.15) is 17.6 Å². The van der Waals surface area contributed by atoms with E-state index in [-0.39, 0.29) is 18.7 Å². The Hall–Kier alpha value is -3.64. The van der Waals surface area contributed by atoms with Gasteiger partial charge in [-0.05, 0) is 35.1 Å². The van der Waals surface area contributed by atoms with Gasteiger partial charge in [-0.15, -0.1) is 0 Å². The molecule has 12 heteroatoms. The van der Waals surface area contributed by atoms with Crippen LogP contribution >= 0.6 is 11.3 Å². The first-order valence-corrected chi connectivity index (χ1v) is 11.1. The lowest BCUT2D eigenvalue weighted by atomic mass is 10.1. The van der Waals surface area contributed by atoms with E-state index < -0.39 is 29.8 Å². The molecule has 1 atom stereocenters. The number of pyridine rings is 2. The molecule has 0 saturated heterocycles. The molecule has 0 spiro atoms. The molecular formula is C23H19F4N5O2S. The zero-order valence-corrected chi connectivity index (χ0v) is 19.1. The van der Waals surface area contributed by atoms with E-state index in [0.717, 1.165) is 17.6 Å². The second-order valence-electron chi connectivity index (χ2n) is 7.65. The van der Waals surface area contributed by atoms with Crippen LogP contribution < -0.4 is 11.1 Å². The number of hydrogen-bond donors (Lipinski definition) is 2. The Balaban J connectivity index is 1.50. The standard InChI is InChI=1S/C23H19F4N5O2S/c1-34-21(33)19-20(13-3-4-14-10-30-18(24)8-15(14)7-13)35-22(32-19)31-11-16(28)6-12-2-5-17(29-9-12)23(25,26)27/h2-5,7-10,16H,6,11,28H2,1H3,(H,31,32)/t16-/m1/s1. The smallest absolute Gasteiger partial charge is 0.433 e. The molecule has 0 saturated carbocycles. The minimum absolute atomic E-state index is 0.0920. The molecular weight excluding hydrogens is 486 g/mol. The maximum Gasteiger partial charge on any atom is 0.433 e. The Labute approximate surface area is 201 Å². The minimum atomic E-state index is -4.50. The number of esters is 1. The number of nitrogens with one attached hydrogen (secondary N) is 1. The van der Waals surface area contributed by atoms with E-state index in [1.54, 1.807) is 18.2 Å². The second kappa shape index (κ2) is 9.92. The van der Waals surface area contributed by atoms with Crippen LogP contribution in [0, 0.1) is 5.95 Å². The highest BCUT2D eigenvalue weighted by molar-refractivity contribution is 7.19. The van der Waals surface area contributed by atoms with Gasteiger partial charge >= 0.3 is 12.1 Å². The predicted octanol–water partition coefficient (Wildman–Crippen LogP) is 4.68. The molecule has 0 aliphatic heterocycles. The first kappa shape index (κ1) is 24.5. The molecule has 7 nitrogen and oxygen atoms in total. The zero-order valence-electron chi connectivity index (χ0n) is 18.3. The Bertz CT molecular complexity index is 1360. The van der Waals surface area contributed by atoms with Crippen molar-refractivity contribution in [3.63, 3.8) is 0 Å². The Morgan fingerprint density at radius 2 is 1.94 bits per heavy atom. The molecule has 0 bridgehead atoms. The zero-order chi connectivity index (χ0) is 25.2. The van der Waals surface area contributed by atoms with Crippen molar-refractivity contribution in [2.75, 3.05) is 19.0 Å². The van der Waals surface area contributed by atoms with Gasteiger partial charge in [0.1, 0.15) is 5.69 Å². The number of nitrogens with zero attached hydrogens (tertiary/aromatic N) is 3. The highest BCUT2D eigenvalue weighted by Gasteiger charge is 2.32. The number of ether oxygens (including phenoxy) is 1. The summed E-state index contributed by atoms with van der Waals surface area (Å²) in [6, 6.07) is 8.35. The summed E-state index contributed by atoms with van der Waals surface area (Å²) in [6.45, 7) is 0.239. The summed E-state index contributed by atoms with van der Waals surface area (Å²) in [5, 5.41) is 4.81. The van der Waals surface area contributed by atoms with Gasteiger partial charge in [-0.1, -0.05) is 29.5 Å². The number of thiazole rings is 1. The molecule has 4 aromatic rings. The SMILES string of the molecule is COC(=O)c1nc(NC[C@H](N)Cc2ccc(C(F)(F)F)nc2)sc1-c1ccc2cnc(F)cc2c1. The monoisotopic (exact) mass is 505 g/mol. The van der Waals surface area contributed by atoms with Crippen LogP contribution in [0.3, 0.4) is 0 Å². The maximum atomic E-state index is 13.6. The summed E-state index contributed by atoms with van der Waals surface area (Å²) in [4.78, 5) is 24.2. The number of halogens is 4. The molecule has 0 radical (unpaired) electrons. The van der Waals surface area contributed by atoms with Crippen LogP contribution in [0.5, 0.6) is 0 Å². The van der Waals surface area contributed by atoms with Gasteiger partial charge in [0.25, 0.3) is 0 Å². The van der Waals surface area contributed by atoms with Crippen LogP contribution in [0.2, 0.25) is 0 Å². The summed E-state index contributed by atoms with van der Waals surface area (Å²) in [5.74, 6) is -1.25. The first-order chi connectivity index (χ1) is 16.6. The third kappa shape index (κ3) is 5.72. The van der Waals surface area contributed by atoms with Crippen molar-refractivity contribution in [3.8, 4) is 10.4 Å². The number of nitrogens with two attached hydrogens (primary N) is 1. The summed E-state index contributed by atoms with van der Waals surface area (Å²) in [7, 11) is 1.24. The largest absolute Gasteiger partial charge is 0.464 e. The summed E-state index contributed by atoms with van der Waals surface area (Å²) in [5.41, 5.74) is 6.46. The van der Waals surface area contributed by atoms with Crippen molar-refractivity contribution in [2.24, 2.45) is 5.73 Å². The number of fused-ring (bicyclic) bond motifs is 1. The molecule has 0 aliphatic carbocycles. The fraction of sp³-hybridized carbons (Fsp3) is 0.217. The molecule has 4 rings (SSSR count). The lowest BCUT2D eigenvalue weighted by Crippen LogP contribution is -2.31. The highest BCUT2D eigenvalue weighted by Crippen LogP contribution is 2.35. The number of aromatic nitrogens is 3. The summed E-state index contributed by atoms with van der Waals surface area (Å²) < 4.78 is 56.4. The van der Waals surface area contributed by atoms with Crippen LogP contribution in [-0.4, -0.2) is 40.6 Å². The van der Waals surface area contributed by atoms with Crippen molar-refractivity contribution in [1.29, 1.82) is 0 Å². The fourth-order valence-electron chi connectivity index (χ4n) is 3.39. The second-order valence-corrected chi connectivity index (χ2v) is 8.65. The minimum Gasteiger partial charge on any atom is -0.464 e. The molecule has 0 fully saturated rings. The Morgan fingerprint density at radius 1 is 1.14 bits per heavy atom. The van der Waals surface area contributed by atoms with E-state index in [4.69, 9.17) is 10.5 Å². The van der Waals surface area contributed by atoms with Gasteiger partial charge in [-0.25, -0.2) is 14.8 Å². The van der Waals surface area contributed by atoms with E-state index in [1.165, 1.54) is 36.8 Å². The quantitative estimate of drug-likeness (QED) is 0.214. The fourth-order valence-corrected chi connectivity index (χ4v) is 4.34. The Morgan fingerprint density at radius 3 is 2.63 bits per heavy atom. The van der Waals surface area contributed by atoms with Gasteiger partial charge in [-0.3, -0.25) is 4.98 Å². The van der Waals surface area contributed by atoms with Gasteiger partial charge in [0.05, 0.1) is 12.0 Å². The van der Waals surface area contributed by atoms with Crippen molar-refractivity contribution < 1.29 is 27.1 Å². The number of anilines is 1. The molecule has 35 heavy (non-hydrogen) atoms. The van der Waals surface area contributed by atoms with Gasteiger partial charge < -0.3 is 15.8 Å². The third-order valence-electron chi connectivity index (χ3n) is 5.08. The lowest BCUT2D eigenvalue weighted by molar-refractivity contribution is -0.141. The van der Waals surface area contributed by atoms with Gasteiger partial charge in [0.15, 0.2) is 10.8 Å². The molecule has 1 aromatic carbocycles. The average Bonchev–Trinajstić information content (AvgIpc) is 3.26. The number of benzene rings is 1.